The van der Waals surface area contributed by atoms with Crippen molar-refractivity contribution in [1.29, 1.82) is 0 Å². The van der Waals surface area contributed by atoms with Crippen LogP contribution in [-0.4, -0.2) is 96.7 Å². The molecule has 0 saturated carbocycles. The molecule has 108 heavy (non-hydrogen) atoms. The van der Waals surface area contributed by atoms with Gasteiger partial charge in [0.1, 0.15) is 19.3 Å². The molecule has 3 N–H and O–H groups in total. The van der Waals surface area contributed by atoms with Crippen molar-refractivity contribution in [3.05, 3.63) is 0 Å². The van der Waals surface area contributed by atoms with Crippen molar-refractivity contribution in [3.63, 3.8) is 0 Å². The Bertz CT molecular complexity index is 2080. The molecular formula is C89H174O17P2. The number of unbranched alkanes of at least 4 members (excludes halogenated alkanes) is 53. The number of hydrogen-bond acceptors (Lipinski definition) is 15. The minimum Gasteiger partial charge on any atom is -0.462 e. The van der Waals surface area contributed by atoms with Gasteiger partial charge >= 0.3 is 39.5 Å². The molecule has 0 spiro atoms. The minimum absolute atomic E-state index is 0.108. The summed E-state index contributed by atoms with van der Waals surface area (Å²) in [6.45, 7) is 12.1. The maximum absolute atomic E-state index is 13.2. The predicted octanol–water partition coefficient (Wildman–Crippen LogP) is 27.3. The van der Waals surface area contributed by atoms with Gasteiger partial charge in [-0.05, 0) is 43.4 Å². The zero-order valence-corrected chi connectivity index (χ0v) is 73.1. The van der Waals surface area contributed by atoms with E-state index in [9.17, 15) is 43.2 Å². The van der Waals surface area contributed by atoms with Crippen LogP contribution in [0.3, 0.4) is 0 Å². The molecule has 0 aliphatic carbocycles. The summed E-state index contributed by atoms with van der Waals surface area (Å²) in [4.78, 5) is 73.4. The summed E-state index contributed by atoms with van der Waals surface area (Å²) in [7, 11) is -9.93. The summed E-state index contributed by atoms with van der Waals surface area (Å²) in [6, 6.07) is 0. The van der Waals surface area contributed by atoms with Gasteiger partial charge in [-0.15, -0.1) is 0 Å². The molecule has 0 bridgehead atoms. The standard InChI is InChI=1S/C89H174O17P2/c1-8-11-12-13-14-15-16-17-18-24-31-36-43-51-58-65-72-89(94)106-85(77-100-87(92)71-64-57-50-45-38-39-46-53-60-67-80(4)5)79-104-108(97,98)102-75-83(90)74-101-107(95,96)103-78-84(76-99-86(91)70-63-56-49-42-35-30-27-26-29-34-41-48-55-62-69-82(7)10-3)105-88(93)73-66-59-52-44-37-32-25-22-20-19-21-23-28-33-40-47-54-61-68-81(6)9-2/h80-85,90H,8-79H2,1-7H3,(H,95,96)(H,97,98)/t81?,82?,83-,84-,85-/m1/s1. The van der Waals surface area contributed by atoms with E-state index in [-0.39, 0.29) is 25.7 Å². The predicted molar refractivity (Wildman–Crippen MR) is 446 cm³/mol. The van der Waals surface area contributed by atoms with Crippen molar-refractivity contribution in [2.45, 2.75) is 491 Å². The molecule has 0 saturated heterocycles. The third-order valence-electron chi connectivity index (χ3n) is 21.6. The fraction of sp³-hybridized carbons (Fsp3) is 0.955. The third kappa shape index (κ3) is 79.3. The Kier molecular flexibility index (Phi) is 77.5. The number of aliphatic hydroxyl groups excluding tert-OH is 1. The van der Waals surface area contributed by atoms with Crippen LogP contribution in [0.25, 0.3) is 0 Å². The van der Waals surface area contributed by atoms with Crippen LogP contribution in [0.2, 0.25) is 0 Å². The van der Waals surface area contributed by atoms with Crippen molar-refractivity contribution in [1.82, 2.24) is 0 Å². The monoisotopic (exact) mass is 1580 g/mol. The molecule has 0 fully saturated rings. The van der Waals surface area contributed by atoms with E-state index in [0.717, 1.165) is 108 Å². The topological polar surface area (TPSA) is 237 Å². The second kappa shape index (κ2) is 78.9. The Balaban J connectivity index is 5.25. The Morgan fingerprint density at radius 2 is 0.472 bits per heavy atom. The lowest BCUT2D eigenvalue weighted by molar-refractivity contribution is -0.161. The van der Waals surface area contributed by atoms with Crippen LogP contribution < -0.4 is 0 Å². The van der Waals surface area contributed by atoms with E-state index in [1.165, 1.54) is 283 Å². The van der Waals surface area contributed by atoms with Gasteiger partial charge in [0.15, 0.2) is 12.2 Å². The number of carbonyl (C=O) groups excluding carboxylic acids is 4. The molecule has 0 radical (unpaired) electrons. The number of hydrogen-bond donors (Lipinski definition) is 3. The first kappa shape index (κ1) is 106. The number of rotatable bonds is 87. The van der Waals surface area contributed by atoms with Crippen LogP contribution in [0.5, 0.6) is 0 Å². The number of esters is 4. The van der Waals surface area contributed by atoms with Crippen LogP contribution in [0, 0.1) is 17.8 Å². The average molecular weight is 1580 g/mol. The van der Waals surface area contributed by atoms with Crippen LogP contribution in [0.1, 0.15) is 472 Å². The van der Waals surface area contributed by atoms with Crippen molar-refractivity contribution in [3.8, 4) is 0 Å². The first-order valence-corrected chi connectivity index (χ1v) is 48.9. The lowest BCUT2D eigenvalue weighted by atomic mass is 9.99. The maximum atomic E-state index is 13.2. The molecule has 19 heteroatoms. The quantitative estimate of drug-likeness (QED) is 0.0222. The van der Waals surface area contributed by atoms with Gasteiger partial charge in [0.05, 0.1) is 26.4 Å². The van der Waals surface area contributed by atoms with Crippen LogP contribution in [0.4, 0.5) is 0 Å². The lowest BCUT2D eigenvalue weighted by Crippen LogP contribution is -2.30. The van der Waals surface area contributed by atoms with Gasteiger partial charge in [-0.1, -0.05) is 421 Å². The van der Waals surface area contributed by atoms with Crippen molar-refractivity contribution < 1.29 is 80.2 Å². The van der Waals surface area contributed by atoms with E-state index >= 15 is 0 Å². The molecule has 4 unspecified atom stereocenters. The highest BCUT2D eigenvalue weighted by Gasteiger charge is 2.31. The first-order valence-electron chi connectivity index (χ1n) is 45.9. The minimum atomic E-state index is -4.97. The van der Waals surface area contributed by atoms with E-state index < -0.39 is 97.5 Å². The van der Waals surface area contributed by atoms with Gasteiger partial charge < -0.3 is 33.8 Å². The summed E-state index contributed by atoms with van der Waals surface area (Å²) in [5, 5.41) is 10.7. The maximum Gasteiger partial charge on any atom is 0.472 e. The van der Waals surface area contributed by atoms with Gasteiger partial charge in [-0.25, -0.2) is 9.13 Å². The van der Waals surface area contributed by atoms with E-state index in [4.69, 9.17) is 37.0 Å². The molecule has 0 aromatic rings. The summed E-state index contributed by atoms with van der Waals surface area (Å²) < 4.78 is 69.0. The second-order valence-corrected chi connectivity index (χ2v) is 35.9. The molecule has 0 aromatic heterocycles. The third-order valence-corrected chi connectivity index (χ3v) is 23.5. The molecule has 0 aliphatic heterocycles. The van der Waals surface area contributed by atoms with Crippen molar-refractivity contribution in [2.24, 2.45) is 17.8 Å². The molecule has 7 atom stereocenters. The summed E-state index contributed by atoms with van der Waals surface area (Å²) in [5.41, 5.74) is 0. The Morgan fingerprint density at radius 3 is 0.704 bits per heavy atom. The highest BCUT2D eigenvalue weighted by molar-refractivity contribution is 7.47. The van der Waals surface area contributed by atoms with E-state index in [1.54, 1.807) is 0 Å². The molecule has 0 aliphatic rings. The van der Waals surface area contributed by atoms with E-state index in [2.05, 4.69) is 48.5 Å². The van der Waals surface area contributed by atoms with Gasteiger partial charge in [-0.2, -0.15) is 0 Å². The molecular weight excluding hydrogens is 1400 g/mol. The highest BCUT2D eigenvalue weighted by atomic mass is 31.2. The van der Waals surface area contributed by atoms with Crippen LogP contribution in [0.15, 0.2) is 0 Å². The summed E-state index contributed by atoms with van der Waals surface area (Å²) >= 11 is 0. The van der Waals surface area contributed by atoms with Crippen molar-refractivity contribution in [2.75, 3.05) is 39.6 Å². The van der Waals surface area contributed by atoms with Gasteiger partial charge in [0.2, 0.25) is 0 Å². The fourth-order valence-electron chi connectivity index (χ4n) is 13.8. The Morgan fingerprint density at radius 1 is 0.269 bits per heavy atom. The number of phosphoric acid groups is 2. The summed E-state index contributed by atoms with van der Waals surface area (Å²) in [5.74, 6) is 0.365. The smallest absolute Gasteiger partial charge is 0.462 e. The first-order chi connectivity index (χ1) is 52.3. The summed E-state index contributed by atoms with van der Waals surface area (Å²) in [6.07, 6.45) is 70.7. The highest BCUT2D eigenvalue weighted by Crippen LogP contribution is 2.45. The molecule has 0 rings (SSSR count). The zero-order chi connectivity index (χ0) is 79.3. The number of phosphoric ester groups is 2. The van der Waals surface area contributed by atoms with Gasteiger partial charge in [-0.3, -0.25) is 37.3 Å². The second-order valence-electron chi connectivity index (χ2n) is 32.9. The molecule has 0 aromatic carbocycles. The normalized spacial score (nSPS) is 14.3. The SMILES string of the molecule is CCCCCCCCCCCCCCCCCCC(=O)O[C@H](COC(=O)CCCCCCCCCCCC(C)C)COP(=O)(O)OC[C@H](O)COP(=O)(O)OC[C@@H](COC(=O)CCCCCCCCCCCCCCCCC(C)CC)OC(=O)CCCCCCCCCCCCCCCCCCCCC(C)CC. The average Bonchev–Trinajstić information content (AvgIpc) is 0.890. The zero-order valence-electron chi connectivity index (χ0n) is 71.3. The fourth-order valence-corrected chi connectivity index (χ4v) is 15.4. The van der Waals surface area contributed by atoms with Gasteiger partial charge in [0.25, 0.3) is 0 Å². The Hall–Kier alpha value is -1.94. The van der Waals surface area contributed by atoms with Crippen molar-refractivity contribution >= 4 is 39.5 Å². The molecule has 642 valence electrons. The number of aliphatic hydroxyl groups is 1. The molecule has 17 nitrogen and oxygen atoms in total. The Labute approximate surface area is 664 Å². The lowest BCUT2D eigenvalue weighted by Gasteiger charge is -2.21. The number of carbonyl (C=O) groups is 4. The van der Waals surface area contributed by atoms with Gasteiger partial charge in [0, 0.05) is 25.7 Å². The number of ether oxygens (including phenoxy) is 4. The molecule has 0 heterocycles. The van der Waals surface area contributed by atoms with Crippen LogP contribution in [-0.2, 0) is 65.4 Å². The van der Waals surface area contributed by atoms with E-state index in [0.29, 0.717) is 25.7 Å². The molecule has 0 amide bonds. The largest absolute Gasteiger partial charge is 0.472 e. The van der Waals surface area contributed by atoms with Crippen LogP contribution >= 0.6 is 15.6 Å². The van der Waals surface area contributed by atoms with E-state index in [1.807, 2.05) is 0 Å².